The molecule has 0 aromatic heterocycles. The number of rotatable bonds is 2. The van der Waals surface area contributed by atoms with Crippen molar-refractivity contribution >= 4 is 0 Å². The van der Waals surface area contributed by atoms with Crippen LogP contribution in [0.5, 0.6) is 11.5 Å². The van der Waals surface area contributed by atoms with Gasteiger partial charge in [-0.25, -0.2) is 0 Å². The number of fused-ring (bicyclic) bond motifs is 1. The summed E-state index contributed by atoms with van der Waals surface area (Å²) in [5.74, 6) is 1.63. The summed E-state index contributed by atoms with van der Waals surface area (Å²) in [6.45, 7) is 4.22. The molecule has 0 spiro atoms. The molecule has 0 bridgehead atoms. The molecule has 0 amide bonds. The molecule has 0 saturated heterocycles. The highest BCUT2D eigenvalue weighted by Crippen LogP contribution is 2.41. The normalized spacial score (nSPS) is 20.6. The van der Waals surface area contributed by atoms with Gasteiger partial charge in [-0.3, -0.25) is 0 Å². The summed E-state index contributed by atoms with van der Waals surface area (Å²) >= 11 is 0. The Labute approximate surface area is 125 Å². The second-order valence-electron chi connectivity index (χ2n) is 5.71. The minimum absolute atomic E-state index is 0.000191. The molecule has 3 rings (SSSR count). The molecule has 2 aromatic carbocycles. The quantitative estimate of drug-likeness (QED) is 0.911. The lowest BCUT2D eigenvalue weighted by atomic mass is 9.91. The lowest BCUT2D eigenvalue weighted by Gasteiger charge is -2.31. The van der Waals surface area contributed by atoms with Crippen molar-refractivity contribution in [1.29, 1.82) is 0 Å². The highest BCUT2D eigenvalue weighted by molar-refractivity contribution is 5.45. The first-order chi connectivity index (χ1) is 10.1. The van der Waals surface area contributed by atoms with E-state index < -0.39 is 0 Å². The number of hydrogen-bond acceptors (Lipinski definition) is 3. The van der Waals surface area contributed by atoms with E-state index in [4.69, 9.17) is 15.2 Å². The van der Waals surface area contributed by atoms with Crippen LogP contribution in [0.3, 0.4) is 0 Å². The summed E-state index contributed by atoms with van der Waals surface area (Å²) in [5, 5.41) is 0. The summed E-state index contributed by atoms with van der Waals surface area (Å²) in [6.07, 6.45) is 0.795. The molecular formula is C18H21NO2. The highest BCUT2D eigenvalue weighted by Gasteiger charge is 2.28. The predicted octanol–water partition coefficient (Wildman–Crippen LogP) is 3.84. The second-order valence-corrected chi connectivity index (χ2v) is 5.71. The summed E-state index contributed by atoms with van der Waals surface area (Å²) in [5.41, 5.74) is 11.1. The lowest BCUT2D eigenvalue weighted by molar-refractivity contribution is 0.160. The van der Waals surface area contributed by atoms with Crippen molar-refractivity contribution in [1.82, 2.24) is 0 Å². The first-order valence-corrected chi connectivity index (χ1v) is 7.26. The van der Waals surface area contributed by atoms with E-state index >= 15 is 0 Å². The van der Waals surface area contributed by atoms with Crippen molar-refractivity contribution in [3.8, 4) is 11.5 Å². The van der Waals surface area contributed by atoms with Gasteiger partial charge in [0.25, 0.3) is 0 Å². The Bertz CT molecular complexity index is 666. The monoisotopic (exact) mass is 283 g/mol. The molecule has 21 heavy (non-hydrogen) atoms. The Kier molecular flexibility index (Phi) is 3.60. The van der Waals surface area contributed by atoms with Crippen LogP contribution in [0.1, 0.15) is 40.8 Å². The summed E-state index contributed by atoms with van der Waals surface area (Å²) in [6, 6.07) is 12.3. The molecule has 1 aliphatic heterocycles. The molecule has 2 aromatic rings. The summed E-state index contributed by atoms with van der Waals surface area (Å²) < 4.78 is 11.5. The maximum Gasteiger partial charge on any atom is 0.128 e. The van der Waals surface area contributed by atoms with Crippen molar-refractivity contribution in [2.45, 2.75) is 32.4 Å². The van der Waals surface area contributed by atoms with Crippen LogP contribution in [-0.4, -0.2) is 7.11 Å². The Morgan fingerprint density at radius 1 is 1.10 bits per heavy atom. The Morgan fingerprint density at radius 2 is 1.86 bits per heavy atom. The molecule has 3 nitrogen and oxygen atoms in total. The first kappa shape index (κ1) is 14.0. The minimum atomic E-state index is -0.00893. The van der Waals surface area contributed by atoms with E-state index in [1.807, 2.05) is 18.2 Å². The molecule has 0 radical (unpaired) electrons. The second kappa shape index (κ2) is 5.41. The maximum atomic E-state index is 6.32. The topological polar surface area (TPSA) is 44.5 Å². The van der Waals surface area contributed by atoms with Gasteiger partial charge in [-0.05, 0) is 31.0 Å². The third kappa shape index (κ3) is 2.61. The Balaban J connectivity index is 1.96. The van der Waals surface area contributed by atoms with Crippen LogP contribution in [-0.2, 0) is 0 Å². The van der Waals surface area contributed by atoms with Gasteiger partial charge in [0.15, 0.2) is 0 Å². The van der Waals surface area contributed by atoms with Gasteiger partial charge in [0, 0.05) is 24.1 Å². The fourth-order valence-electron chi connectivity index (χ4n) is 2.99. The number of methoxy groups -OCH3 is 1. The van der Waals surface area contributed by atoms with Crippen molar-refractivity contribution in [2.75, 3.05) is 7.11 Å². The van der Waals surface area contributed by atoms with E-state index in [2.05, 4.69) is 32.0 Å². The van der Waals surface area contributed by atoms with Crippen LogP contribution >= 0.6 is 0 Å². The van der Waals surface area contributed by atoms with E-state index in [1.165, 1.54) is 16.7 Å². The third-order valence-corrected chi connectivity index (χ3v) is 4.13. The van der Waals surface area contributed by atoms with Gasteiger partial charge < -0.3 is 15.2 Å². The van der Waals surface area contributed by atoms with Crippen LogP contribution in [0.4, 0.5) is 0 Å². The third-order valence-electron chi connectivity index (χ3n) is 4.13. The molecule has 3 heteroatoms. The van der Waals surface area contributed by atoms with Gasteiger partial charge >= 0.3 is 0 Å². The molecule has 0 fully saturated rings. The van der Waals surface area contributed by atoms with Gasteiger partial charge in [0.1, 0.15) is 17.6 Å². The van der Waals surface area contributed by atoms with E-state index in [9.17, 15) is 0 Å². The number of aryl methyl sites for hydroxylation is 2. The van der Waals surface area contributed by atoms with Crippen LogP contribution < -0.4 is 15.2 Å². The molecule has 0 aliphatic carbocycles. The molecule has 2 N–H and O–H groups in total. The minimum Gasteiger partial charge on any atom is -0.497 e. The number of ether oxygens (including phenoxy) is 2. The fraction of sp³-hybridized carbons (Fsp3) is 0.333. The smallest absolute Gasteiger partial charge is 0.128 e. The Hall–Kier alpha value is -2.00. The molecule has 1 aliphatic rings. The average Bonchev–Trinajstić information content (AvgIpc) is 2.46. The first-order valence-electron chi connectivity index (χ1n) is 7.26. The van der Waals surface area contributed by atoms with Crippen LogP contribution in [0, 0.1) is 13.8 Å². The lowest BCUT2D eigenvalue weighted by Crippen LogP contribution is -2.24. The average molecular weight is 283 g/mol. The van der Waals surface area contributed by atoms with Crippen molar-refractivity contribution in [2.24, 2.45) is 5.73 Å². The zero-order chi connectivity index (χ0) is 15.0. The molecule has 110 valence electrons. The van der Waals surface area contributed by atoms with Gasteiger partial charge in [0.05, 0.1) is 7.11 Å². The van der Waals surface area contributed by atoms with Crippen LogP contribution in [0.15, 0.2) is 36.4 Å². The number of hydrogen-bond donors (Lipinski definition) is 1. The van der Waals surface area contributed by atoms with Crippen LogP contribution in [0.2, 0.25) is 0 Å². The van der Waals surface area contributed by atoms with Crippen LogP contribution in [0.25, 0.3) is 0 Å². The van der Waals surface area contributed by atoms with Crippen molar-refractivity contribution in [3.05, 3.63) is 58.7 Å². The number of benzene rings is 2. The van der Waals surface area contributed by atoms with E-state index in [0.717, 1.165) is 23.5 Å². The number of nitrogens with two attached hydrogens (primary N) is 1. The zero-order valence-electron chi connectivity index (χ0n) is 12.7. The molecule has 2 atom stereocenters. The van der Waals surface area contributed by atoms with Gasteiger partial charge in [-0.1, -0.05) is 29.8 Å². The van der Waals surface area contributed by atoms with E-state index in [-0.39, 0.29) is 12.1 Å². The van der Waals surface area contributed by atoms with Crippen molar-refractivity contribution in [3.63, 3.8) is 0 Å². The van der Waals surface area contributed by atoms with Gasteiger partial charge in [-0.15, -0.1) is 0 Å². The molecule has 0 saturated carbocycles. The van der Waals surface area contributed by atoms with Crippen molar-refractivity contribution < 1.29 is 9.47 Å². The SMILES string of the molecule is COc1ccc2c(c1)OC(c1ccc(C)cc1C)C[C@H]2N. The highest BCUT2D eigenvalue weighted by atomic mass is 16.5. The van der Waals surface area contributed by atoms with Gasteiger partial charge in [-0.2, -0.15) is 0 Å². The predicted molar refractivity (Wildman–Crippen MR) is 83.8 cm³/mol. The summed E-state index contributed by atoms with van der Waals surface area (Å²) in [7, 11) is 1.66. The zero-order valence-corrected chi connectivity index (χ0v) is 12.7. The largest absolute Gasteiger partial charge is 0.497 e. The maximum absolute atomic E-state index is 6.32. The van der Waals surface area contributed by atoms with Gasteiger partial charge in [0.2, 0.25) is 0 Å². The Morgan fingerprint density at radius 3 is 2.57 bits per heavy atom. The summed E-state index contributed by atoms with van der Waals surface area (Å²) in [4.78, 5) is 0. The van der Waals surface area contributed by atoms with E-state index in [0.29, 0.717) is 0 Å². The fourth-order valence-corrected chi connectivity index (χ4v) is 2.99. The van der Waals surface area contributed by atoms with E-state index in [1.54, 1.807) is 7.11 Å². The standard InChI is InChI=1S/C18H21NO2/c1-11-4-6-14(12(2)8-11)18-10-16(19)15-7-5-13(20-3)9-17(15)21-18/h4-9,16,18H,10,19H2,1-3H3/t16-,18?/m1/s1. The molecule has 1 unspecified atom stereocenters. The molecule has 1 heterocycles. The molecular weight excluding hydrogens is 262 g/mol.